The van der Waals surface area contributed by atoms with Crippen molar-refractivity contribution in [2.24, 2.45) is 0 Å². The van der Waals surface area contributed by atoms with Crippen LogP contribution < -0.4 is 5.56 Å². The van der Waals surface area contributed by atoms with E-state index >= 15 is 4.39 Å². The van der Waals surface area contributed by atoms with E-state index in [1.165, 1.54) is 6.07 Å². The Hall–Kier alpha value is -3.80. The normalized spacial score (nSPS) is 12.5. The van der Waals surface area contributed by atoms with Crippen LogP contribution in [0.4, 0.5) is 13.2 Å². The van der Waals surface area contributed by atoms with Crippen molar-refractivity contribution in [2.45, 2.75) is 19.9 Å². The zero-order valence-electron chi connectivity index (χ0n) is 17.3. The van der Waals surface area contributed by atoms with E-state index in [4.69, 9.17) is 0 Å². The SMILES string of the molecule is C=C(C)c1c(-c2ccc[nH]c2=O)c2c3c(c(F)cc2n1Cc1cc(F)ccc1F)C=CC3. The summed E-state index contributed by atoms with van der Waals surface area (Å²) in [7, 11) is 0. The Morgan fingerprint density at radius 2 is 1.97 bits per heavy atom. The van der Waals surface area contributed by atoms with Gasteiger partial charge in [-0.2, -0.15) is 0 Å². The van der Waals surface area contributed by atoms with Gasteiger partial charge in [-0.1, -0.05) is 18.7 Å². The van der Waals surface area contributed by atoms with Gasteiger partial charge < -0.3 is 9.55 Å². The molecule has 0 amide bonds. The Labute approximate surface area is 182 Å². The number of H-pyrrole nitrogens is 1. The summed E-state index contributed by atoms with van der Waals surface area (Å²) in [5.74, 6) is -1.53. The minimum Gasteiger partial charge on any atom is -0.336 e. The minimum atomic E-state index is -0.566. The molecule has 2 aromatic carbocycles. The van der Waals surface area contributed by atoms with E-state index in [-0.39, 0.29) is 17.7 Å². The second kappa shape index (κ2) is 7.41. The van der Waals surface area contributed by atoms with Crippen LogP contribution in [0.15, 0.2) is 60.0 Å². The largest absolute Gasteiger partial charge is 0.336 e. The fourth-order valence-corrected chi connectivity index (χ4v) is 4.58. The summed E-state index contributed by atoms with van der Waals surface area (Å²) in [6, 6.07) is 8.07. The van der Waals surface area contributed by atoms with E-state index in [9.17, 15) is 13.6 Å². The van der Waals surface area contributed by atoms with Gasteiger partial charge in [0.15, 0.2) is 0 Å². The first kappa shape index (κ1) is 20.1. The van der Waals surface area contributed by atoms with Gasteiger partial charge in [-0.25, -0.2) is 13.2 Å². The summed E-state index contributed by atoms with van der Waals surface area (Å²) in [6.45, 7) is 5.82. The van der Waals surface area contributed by atoms with Crippen LogP contribution in [0.25, 0.3) is 33.7 Å². The fraction of sp³-hybridized carbons (Fsp3) is 0.115. The molecule has 0 atom stereocenters. The number of benzene rings is 2. The fourth-order valence-electron chi connectivity index (χ4n) is 4.58. The third kappa shape index (κ3) is 3.02. The molecule has 2 aromatic heterocycles. The molecule has 0 aliphatic heterocycles. The minimum absolute atomic E-state index is 0.0430. The molecule has 32 heavy (non-hydrogen) atoms. The topological polar surface area (TPSA) is 37.8 Å². The molecule has 0 fully saturated rings. The Balaban J connectivity index is 1.93. The molecule has 0 saturated carbocycles. The number of hydrogen-bond acceptors (Lipinski definition) is 1. The number of hydrogen-bond donors (Lipinski definition) is 1. The van der Waals surface area contributed by atoms with Crippen LogP contribution in [0.5, 0.6) is 0 Å². The Morgan fingerprint density at radius 1 is 1.16 bits per heavy atom. The molecular weight excluding hydrogens is 413 g/mol. The maximum Gasteiger partial charge on any atom is 0.255 e. The lowest BCUT2D eigenvalue weighted by Gasteiger charge is -2.13. The van der Waals surface area contributed by atoms with Crippen molar-refractivity contribution in [3.8, 4) is 11.1 Å². The zero-order chi connectivity index (χ0) is 22.6. The van der Waals surface area contributed by atoms with Gasteiger partial charge in [-0.3, -0.25) is 4.79 Å². The van der Waals surface area contributed by atoms with E-state index in [1.54, 1.807) is 35.9 Å². The maximum atomic E-state index is 15.0. The second-order valence-electron chi connectivity index (χ2n) is 7.99. The molecule has 1 aliphatic carbocycles. The molecule has 0 radical (unpaired) electrons. The number of nitrogens with zero attached hydrogens (tertiary/aromatic N) is 1. The highest BCUT2D eigenvalue weighted by molar-refractivity contribution is 6.05. The van der Waals surface area contributed by atoms with E-state index < -0.39 is 17.5 Å². The predicted octanol–water partition coefficient (Wildman–Crippen LogP) is 6.06. The number of aromatic nitrogens is 2. The van der Waals surface area contributed by atoms with Crippen molar-refractivity contribution in [1.29, 1.82) is 0 Å². The third-order valence-corrected chi connectivity index (χ3v) is 5.89. The van der Waals surface area contributed by atoms with Gasteiger partial charge in [0.25, 0.3) is 5.56 Å². The average Bonchev–Trinajstić information content (AvgIpc) is 3.35. The molecule has 6 heteroatoms. The standard InChI is InChI=1S/C26H19F3N2O/c1-14(2)25-24(19-7-4-10-30-26(19)32)23-18-6-3-5-17(18)21(29)12-22(23)31(25)13-15-11-16(27)8-9-20(15)28/h3-5,7-12H,1,6,13H2,2H3,(H,30,32). The molecule has 5 rings (SSSR count). The highest BCUT2D eigenvalue weighted by Crippen LogP contribution is 2.42. The first-order chi connectivity index (χ1) is 15.4. The van der Waals surface area contributed by atoms with Crippen molar-refractivity contribution in [1.82, 2.24) is 9.55 Å². The molecule has 3 nitrogen and oxygen atoms in total. The Bertz CT molecular complexity index is 1510. The maximum absolute atomic E-state index is 15.0. The van der Waals surface area contributed by atoms with Gasteiger partial charge >= 0.3 is 0 Å². The number of pyridine rings is 1. The number of aromatic amines is 1. The van der Waals surface area contributed by atoms with Gasteiger partial charge in [0.1, 0.15) is 17.5 Å². The molecule has 4 aromatic rings. The van der Waals surface area contributed by atoms with Crippen LogP contribution in [0, 0.1) is 17.5 Å². The van der Waals surface area contributed by atoms with E-state index in [2.05, 4.69) is 11.6 Å². The predicted molar refractivity (Wildman–Crippen MR) is 121 cm³/mol. The van der Waals surface area contributed by atoms with Crippen LogP contribution in [0.1, 0.15) is 29.3 Å². The van der Waals surface area contributed by atoms with Crippen LogP contribution >= 0.6 is 0 Å². The van der Waals surface area contributed by atoms with Crippen molar-refractivity contribution in [3.63, 3.8) is 0 Å². The second-order valence-corrected chi connectivity index (χ2v) is 7.99. The highest BCUT2D eigenvalue weighted by Gasteiger charge is 2.27. The molecule has 2 heterocycles. The third-order valence-electron chi connectivity index (χ3n) is 5.89. The van der Waals surface area contributed by atoms with Gasteiger partial charge in [0.2, 0.25) is 0 Å². The summed E-state index contributed by atoms with van der Waals surface area (Å²) in [5.41, 5.74) is 3.81. The van der Waals surface area contributed by atoms with Crippen molar-refractivity contribution in [3.05, 3.63) is 105 Å². The highest BCUT2D eigenvalue weighted by atomic mass is 19.1. The Kier molecular flexibility index (Phi) is 4.66. The van der Waals surface area contributed by atoms with E-state index in [0.29, 0.717) is 39.9 Å². The lowest BCUT2D eigenvalue weighted by molar-refractivity contribution is 0.578. The molecule has 0 bridgehead atoms. The summed E-state index contributed by atoms with van der Waals surface area (Å²) in [5, 5.41) is 0.720. The van der Waals surface area contributed by atoms with Crippen molar-refractivity contribution in [2.75, 3.05) is 0 Å². The van der Waals surface area contributed by atoms with Gasteiger partial charge in [-0.05, 0) is 60.9 Å². The monoisotopic (exact) mass is 432 g/mol. The summed E-state index contributed by atoms with van der Waals surface area (Å²) in [4.78, 5) is 15.5. The molecular formula is C26H19F3N2O. The number of halogens is 3. The molecule has 1 N–H and O–H groups in total. The molecule has 0 spiro atoms. The van der Waals surface area contributed by atoms with Gasteiger partial charge in [-0.15, -0.1) is 0 Å². The number of allylic oxidation sites excluding steroid dienone is 2. The lowest BCUT2D eigenvalue weighted by Crippen LogP contribution is -2.09. The van der Waals surface area contributed by atoms with Crippen LogP contribution in [-0.2, 0) is 13.0 Å². The van der Waals surface area contributed by atoms with Crippen LogP contribution in [0.3, 0.4) is 0 Å². The molecule has 160 valence electrons. The first-order valence-electron chi connectivity index (χ1n) is 10.2. The average molecular weight is 432 g/mol. The number of fused-ring (bicyclic) bond motifs is 3. The first-order valence-corrected chi connectivity index (χ1v) is 10.2. The van der Waals surface area contributed by atoms with Gasteiger partial charge in [0, 0.05) is 33.8 Å². The smallest absolute Gasteiger partial charge is 0.255 e. The molecule has 0 saturated heterocycles. The molecule has 0 unspecified atom stereocenters. The van der Waals surface area contributed by atoms with Crippen molar-refractivity contribution < 1.29 is 13.2 Å². The number of nitrogens with one attached hydrogen (secondary N) is 1. The molecule has 1 aliphatic rings. The number of rotatable bonds is 4. The summed E-state index contributed by atoms with van der Waals surface area (Å²) < 4.78 is 45.2. The van der Waals surface area contributed by atoms with E-state index in [1.807, 2.05) is 6.08 Å². The Morgan fingerprint density at radius 3 is 2.72 bits per heavy atom. The lowest BCUT2D eigenvalue weighted by atomic mass is 9.95. The van der Waals surface area contributed by atoms with Gasteiger partial charge in [0.05, 0.1) is 17.8 Å². The van der Waals surface area contributed by atoms with Crippen LogP contribution in [-0.4, -0.2) is 9.55 Å². The van der Waals surface area contributed by atoms with E-state index in [0.717, 1.165) is 29.1 Å². The van der Waals surface area contributed by atoms with Crippen molar-refractivity contribution >= 4 is 22.6 Å². The summed E-state index contributed by atoms with van der Waals surface area (Å²) >= 11 is 0. The quantitative estimate of drug-likeness (QED) is 0.418. The summed E-state index contributed by atoms with van der Waals surface area (Å²) in [6.07, 6.45) is 5.65. The zero-order valence-corrected chi connectivity index (χ0v) is 17.3. The van der Waals surface area contributed by atoms with Crippen LogP contribution in [0.2, 0.25) is 0 Å².